The Bertz CT molecular complexity index is 1330. The van der Waals surface area contributed by atoms with Gasteiger partial charge in [0.2, 0.25) is 0 Å². The molecule has 0 spiro atoms. The summed E-state index contributed by atoms with van der Waals surface area (Å²) in [6.45, 7) is 0. The molecule has 0 heterocycles. The molecule has 0 atom stereocenters. The van der Waals surface area contributed by atoms with Gasteiger partial charge in [-0.3, -0.25) is 0 Å². The van der Waals surface area contributed by atoms with Gasteiger partial charge in [-0.05, 0) is 121 Å². The minimum Gasteiger partial charge on any atom is -0.457 e. The first-order valence-electron chi connectivity index (χ1n) is 11.1. The van der Waals surface area contributed by atoms with Gasteiger partial charge in [-0.15, -0.1) is 0 Å². The Morgan fingerprint density at radius 1 is 0.333 bits per heavy atom. The summed E-state index contributed by atoms with van der Waals surface area (Å²) in [5.41, 5.74) is 0. The maximum Gasteiger partial charge on any atom is 0.166 e. The molecule has 0 bridgehead atoms. The van der Waals surface area contributed by atoms with E-state index in [1.165, 1.54) is 36.4 Å². The summed E-state index contributed by atoms with van der Waals surface area (Å²) in [5, 5.41) is 0. The first-order chi connectivity index (χ1) is 17.5. The number of hydrogen-bond donors (Lipinski definition) is 0. The smallest absolute Gasteiger partial charge is 0.166 e. The van der Waals surface area contributed by atoms with Crippen molar-refractivity contribution in [3.63, 3.8) is 0 Å². The van der Waals surface area contributed by atoms with Crippen molar-refractivity contribution in [3.05, 3.63) is 139 Å². The van der Waals surface area contributed by atoms with Crippen LogP contribution >= 0.6 is 0 Å². The van der Waals surface area contributed by atoms with E-state index in [1.807, 2.05) is 48.5 Å². The summed E-state index contributed by atoms with van der Waals surface area (Å²) in [5.74, 6) is 1.38. The Kier molecular flexibility index (Phi) is 6.96. The molecule has 5 rings (SSSR count). The molecule has 6 heteroatoms. The van der Waals surface area contributed by atoms with Crippen LogP contribution in [0.2, 0.25) is 0 Å². The Labute approximate surface area is 209 Å². The van der Waals surface area contributed by atoms with Crippen LogP contribution in [0.3, 0.4) is 0 Å². The Morgan fingerprint density at radius 3 is 0.861 bits per heavy atom. The molecule has 0 saturated heterocycles. The number of ether oxygens (including phenoxy) is 2. The molecule has 36 heavy (non-hydrogen) atoms. The van der Waals surface area contributed by atoms with Crippen molar-refractivity contribution in [2.75, 3.05) is 0 Å². The van der Waals surface area contributed by atoms with Gasteiger partial charge in [0.25, 0.3) is 0 Å². The summed E-state index contributed by atoms with van der Waals surface area (Å²) in [7, 11) is -0.516. The Morgan fingerprint density at radius 2 is 0.556 bits per heavy atom. The van der Waals surface area contributed by atoms with Crippen molar-refractivity contribution in [2.45, 2.75) is 14.7 Å². The molecule has 0 aliphatic carbocycles. The summed E-state index contributed by atoms with van der Waals surface area (Å²) in [6.07, 6.45) is 0. The monoisotopic (exact) mass is 501 g/mol. The predicted molar refractivity (Wildman–Crippen MR) is 134 cm³/mol. The van der Waals surface area contributed by atoms with Crippen LogP contribution in [-0.4, -0.2) is 0 Å². The third-order valence-corrected chi connectivity index (χ3v) is 7.50. The average Bonchev–Trinajstić information content (AvgIpc) is 2.90. The lowest BCUT2D eigenvalue weighted by molar-refractivity contribution is 0.480. The second-order valence-corrected chi connectivity index (χ2v) is 9.84. The van der Waals surface area contributed by atoms with Gasteiger partial charge < -0.3 is 9.47 Å². The molecular weight excluding hydrogens is 481 g/mol. The van der Waals surface area contributed by atoms with E-state index in [0.29, 0.717) is 23.0 Å². The van der Waals surface area contributed by atoms with E-state index < -0.39 is 10.9 Å². The molecule has 0 aliphatic rings. The van der Waals surface area contributed by atoms with Crippen LogP contribution in [0.5, 0.6) is 23.0 Å². The van der Waals surface area contributed by atoms with Gasteiger partial charge in [-0.2, -0.15) is 0 Å². The largest absolute Gasteiger partial charge is 0.457 e. The second kappa shape index (κ2) is 10.6. The highest BCUT2D eigenvalue weighted by molar-refractivity contribution is 7.97. The molecule has 178 valence electrons. The molecule has 0 amide bonds. The van der Waals surface area contributed by atoms with Crippen LogP contribution in [-0.2, 0) is 10.9 Å². The minimum atomic E-state index is -0.516. The molecule has 5 aromatic carbocycles. The van der Waals surface area contributed by atoms with E-state index in [2.05, 4.69) is 0 Å². The van der Waals surface area contributed by atoms with E-state index in [9.17, 15) is 13.2 Å². The highest BCUT2D eigenvalue weighted by Gasteiger charge is 2.29. The van der Waals surface area contributed by atoms with Gasteiger partial charge in [0.15, 0.2) is 14.7 Å². The quantitative estimate of drug-likeness (QED) is 0.208. The summed E-state index contributed by atoms with van der Waals surface area (Å²) < 4.78 is 51.6. The van der Waals surface area contributed by atoms with Gasteiger partial charge in [-0.1, -0.05) is 0 Å². The number of halogens is 3. The van der Waals surface area contributed by atoms with Crippen LogP contribution in [0.15, 0.2) is 136 Å². The number of rotatable bonds is 7. The normalized spacial score (nSPS) is 10.9. The predicted octanol–water partition coefficient (Wildman–Crippen LogP) is 8.78. The number of benzene rings is 5. The highest BCUT2D eigenvalue weighted by Crippen LogP contribution is 2.34. The van der Waals surface area contributed by atoms with Gasteiger partial charge in [0, 0.05) is 0 Å². The van der Waals surface area contributed by atoms with Crippen molar-refractivity contribution in [2.24, 2.45) is 0 Å². The van der Waals surface area contributed by atoms with E-state index in [0.717, 1.165) is 14.7 Å². The maximum atomic E-state index is 13.6. The summed E-state index contributed by atoms with van der Waals surface area (Å²) in [6, 6.07) is 33.4. The Hall–Kier alpha value is -4.16. The van der Waals surface area contributed by atoms with Crippen molar-refractivity contribution in [3.8, 4) is 23.0 Å². The third kappa shape index (κ3) is 5.73. The van der Waals surface area contributed by atoms with Crippen molar-refractivity contribution in [1.29, 1.82) is 0 Å². The van der Waals surface area contributed by atoms with E-state index in [4.69, 9.17) is 9.47 Å². The van der Waals surface area contributed by atoms with Gasteiger partial charge >= 0.3 is 0 Å². The van der Waals surface area contributed by atoms with Crippen LogP contribution < -0.4 is 9.47 Å². The van der Waals surface area contributed by atoms with Gasteiger partial charge in [0.05, 0.1) is 10.9 Å². The minimum absolute atomic E-state index is 0.298. The zero-order valence-electron chi connectivity index (χ0n) is 18.9. The first-order valence-corrected chi connectivity index (χ1v) is 12.3. The van der Waals surface area contributed by atoms with E-state index in [1.54, 1.807) is 36.4 Å². The average molecular weight is 502 g/mol. The van der Waals surface area contributed by atoms with Crippen LogP contribution in [0.4, 0.5) is 13.2 Å². The molecule has 5 aromatic rings. The van der Waals surface area contributed by atoms with Crippen LogP contribution in [0, 0.1) is 17.5 Å². The first kappa shape index (κ1) is 23.6. The maximum absolute atomic E-state index is 13.6. The zero-order chi connectivity index (χ0) is 24.9. The fourth-order valence-electron chi connectivity index (χ4n) is 3.54. The fourth-order valence-corrected chi connectivity index (χ4v) is 5.59. The second-order valence-electron chi connectivity index (χ2n) is 7.81. The molecule has 0 saturated carbocycles. The van der Waals surface area contributed by atoms with Gasteiger partial charge in [0.1, 0.15) is 40.4 Å². The summed E-state index contributed by atoms with van der Waals surface area (Å²) >= 11 is 0. The zero-order valence-corrected chi connectivity index (χ0v) is 19.7. The lowest BCUT2D eigenvalue weighted by Crippen LogP contribution is -2.05. The van der Waals surface area contributed by atoms with Crippen molar-refractivity contribution >= 4 is 10.9 Å². The summed E-state index contributed by atoms with van der Waals surface area (Å²) in [4.78, 5) is 2.98. The van der Waals surface area contributed by atoms with Crippen LogP contribution in [0.25, 0.3) is 0 Å². The standard InChI is InChI=1S/C30H20F3O2S/c31-21-1-7-24(8-2-21)34-26-11-17-29(18-12-26)36(28-15-5-23(33)6-16-28)30-19-13-27(14-20-30)35-25-9-3-22(32)4-10-25/h1-20H/q+1. The third-order valence-electron chi connectivity index (χ3n) is 5.27. The van der Waals surface area contributed by atoms with Crippen molar-refractivity contribution in [1.82, 2.24) is 0 Å². The fraction of sp³-hybridized carbons (Fsp3) is 0. The molecule has 0 unspecified atom stereocenters. The Balaban J connectivity index is 1.41. The molecular formula is C30H20F3O2S+. The molecule has 0 aliphatic heterocycles. The van der Waals surface area contributed by atoms with Crippen LogP contribution in [0.1, 0.15) is 0 Å². The van der Waals surface area contributed by atoms with Gasteiger partial charge in [-0.25, -0.2) is 13.2 Å². The molecule has 2 nitrogen and oxygen atoms in total. The highest BCUT2D eigenvalue weighted by atomic mass is 32.2. The molecule has 0 aromatic heterocycles. The topological polar surface area (TPSA) is 18.5 Å². The molecule has 0 radical (unpaired) electrons. The van der Waals surface area contributed by atoms with Crippen molar-refractivity contribution < 1.29 is 22.6 Å². The lowest BCUT2D eigenvalue weighted by atomic mass is 10.3. The molecule has 0 fully saturated rings. The SMILES string of the molecule is Fc1ccc(Oc2ccc([S+](c3ccc(F)cc3)c3ccc(Oc4ccc(F)cc4)cc3)cc2)cc1. The molecule has 0 N–H and O–H groups in total. The number of hydrogen-bond acceptors (Lipinski definition) is 2. The lowest BCUT2D eigenvalue weighted by Gasteiger charge is -2.11. The van der Waals surface area contributed by atoms with E-state index >= 15 is 0 Å². The van der Waals surface area contributed by atoms with E-state index in [-0.39, 0.29) is 17.5 Å².